The summed E-state index contributed by atoms with van der Waals surface area (Å²) in [5.41, 5.74) is 0.853. The van der Waals surface area contributed by atoms with Crippen LogP contribution >= 0.6 is 0 Å². The summed E-state index contributed by atoms with van der Waals surface area (Å²) in [7, 11) is 1.77. The normalized spacial score (nSPS) is 18.0. The molecule has 7 heteroatoms. The third kappa shape index (κ3) is 2.99. The highest BCUT2D eigenvalue weighted by Gasteiger charge is 2.38. The first-order chi connectivity index (χ1) is 11.0. The molecular weight excluding hydrogens is 304 g/mol. The van der Waals surface area contributed by atoms with E-state index in [0.717, 1.165) is 16.5 Å². The number of rotatable bonds is 4. The lowest BCUT2D eigenvalue weighted by Crippen LogP contribution is -2.31. The summed E-state index contributed by atoms with van der Waals surface area (Å²) in [6, 6.07) is 3.72. The van der Waals surface area contributed by atoms with Gasteiger partial charge in [0.15, 0.2) is 11.6 Å². The van der Waals surface area contributed by atoms with Gasteiger partial charge in [-0.3, -0.25) is 19.2 Å². The molecular formula is C16H15F2N3O2. The Bertz CT molecular complexity index is 772. The lowest BCUT2D eigenvalue weighted by molar-refractivity contribution is -0.140. The summed E-state index contributed by atoms with van der Waals surface area (Å²) >= 11 is 0. The minimum atomic E-state index is -1.02. The van der Waals surface area contributed by atoms with Crippen molar-refractivity contribution in [3.8, 4) is 0 Å². The first kappa shape index (κ1) is 15.3. The van der Waals surface area contributed by atoms with E-state index in [0.29, 0.717) is 6.42 Å². The van der Waals surface area contributed by atoms with Crippen molar-refractivity contribution in [2.24, 2.45) is 13.0 Å². The third-order valence-electron chi connectivity index (χ3n) is 3.94. The molecule has 1 fully saturated rings. The Morgan fingerprint density at radius 3 is 2.78 bits per heavy atom. The number of aryl methyl sites for hydroxylation is 1. The second kappa shape index (κ2) is 5.91. The molecule has 120 valence electrons. The van der Waals surface area contributed by atoms with E-state index in [1.54, 1.807) is 24.1 Å². The van der Waals surface area contributed by atoms with Crippen molar-refractivity contribution in [1.82, 2.24) is 14.7 Å². The van der Waals surface area contributed by atoms with Crippen molar-refractivity contribution < 1.29 is 18.4 Å². The van der Waals surface area contributed by atoms with Gasteiger partial charge in [-0.05, 0) is 18.1 Å². The van der Waals surface area contributed by atoms with E-state index in [-0.39, 0.29) is 30.3 Å². The number of hydrogen-bond acceptors (Lipinski definition) is 3. The van der Waals surface area contributed by atoms with Gasteiger partial charge in [-0.2, -0.15) is 5.10 Å². The van der Waals surface area contributed by atoms with Gasteiger partial charge in [-0.1, -0.05) is 12.1 Å². The van der Waals surface area contributed by atoms with Gasteiger partial charge >= 0.3 is 0 Å². The second-order valence-electron chi connectivity index (χ2n) is 5.66. The van der Waals surface area contributed by atoms with Gasteiger partial charge in [0.25, 0.3) is 0 Å². The number of benzene rings is 1. The fourth-order valence-electron chi connectivity index (χ4n) is 2.78. The zero-order valence-corrected chi connectivity index (χ0v) is 12.5. The maximum Gasteiger partial charge on any atom is 0.233 e. The molecule has 1 aliphatic heterocycles. The van der Waals surface area contributed by atoms with Crippen LogP contribution in [0.5, 0.6) is 0 Å². The third-order valence-corrected chi connectivity index (χ3v) is 3.94. The number of amides is 2. The van der Waals surface area contributed by atoms with Crippen LogP contribution in [-0.4, -0.2) is 26.5 Å². The molecule has 1 saturated heterocycles. The fraction of sp³-hybridized carbons (Fsp3) is 0.312. The van der Waals surface area contributed by atoms with E-state index >= 15 is 0 Å². The molecule has 5 nitrogen and oxygen atoms in total. The Morgan fingerprint density at radius 1 is 1.30 bits per heavy atom. The molecule has 0 aliphatic carbocycles. The maximum atomic E-state index is 13.7. The number of likely N-dealkylation sites (tertiary alicyclic amines) is 1. The SMILES string of the molecule is Cn1cc(CC2CC(=O)N(Cc3cccc(F)c3F)C2=O)cn1. The minimum absolute atomic E-state index is 0.00581. The highest BCUT2D eigenvalue weighted by Crippen LogP contribution is 2.26. The van der Waals surface area contributed by atoms with E-state index in [4.69, 9.17) is 0 Å². The summed E-state index contributed by atoms with van der Waals surface area (Å²) in [5.74, 6) is -3.23. The molecule has 0 N–H and O–H groups in total. The average molecular weight is 319 g/mol. The number of carbonyl (C=O) groups is 2. The van der Waals surface area contributed by atoms with Crippen LogP contribution in [0.1, 0.15) is 17.5 Å². The lowest BCUT2D eigenvalue weighted by atomic mass is 10.0. The first-order valence-corrected chi connectivity index (χ1v) is 7.20. The van der Waals surface area contributed by atoms with Crippen molar-refractivity contribution in [3.05, 3.63) is 53.4 Å². The molecule has 2 heterocycles. The number of aromatic nitrogens is 2. The van der Waals surface area contributed by atoms with Crippen molar-refractivity contribution in [3.63, 3.8) is 0 Å². The predicted octanol–water partition coefficient (Wildman–Crippen LogP) is 1.82. The van der Waals surface area contributed by atoms with Crippen LogP contribution in [0.25, 0.3) is 0 Å². The molecule has 0 saturated carbocycles. The van der Waals surface area contributed by atoms with E-state index < -0.39 is 17.6 Å². The van der Waals surface area contributed by atoms with Gasteiger partial charge in [0, 0.05) is 25.2 Å². The number of imide groups is 1. The van der Waals surface area contributed by atoms with Crippen LogP contribution < -0.4 is 0 Å². The van der Waals surface area contributed by atoms with Crippen LogP contribution in [0, 0.1) is 17.6 Å². The standard InChI is InChI=1S/C16H15F2N3O2/c1-20-8-10(7-19-20)5-12-6-14(22)21(16(12)23)9-11-3-2-4-13(17)15(11)18/h2-4,7-8,12H,5-6,9H2,1H3. The van der Waals surface area contributed by atoms with Crippen LogP contribution in [0.15, 0.2) is 30.6 Å². The number of carbonyl (C=O) groups excluding carboxylic acids is 2. The fourth-order valence-corrected chi connectivity index (χ4v) is 2.78. The highest BCUT2D eigenvalue weighted by atomic mass is 19.2. The van der Waals surface area contributed by atoms with Gasteiger partial charge in [0.05, 0.1) is 18.7 Å². The topological polar surface area (TPSA) is 55.2 Å². The zero-order chi connectivity index (χ0) is 16.6. The monoisotopic (exact) mass is 319 g/mol. The Labute approximate surface area is 131 Å². The summed E-state index contributed by atoms with van der Waals surface area (Å²) < 4.78 is 28.6. The maximum absolute atomic E-state index is 13.7. The Hall–Kier alpha value is -2.57. The quantitative estimate of drug-likeness (QED) is 0.808. The molecule has 0 radical (unpaired) electrons. The van der Waals surface area contributed by atoms with E-state index in [1.165, 1.54) is 12.1 Å². The van der Waals surface area contributed by atoms with Gasteiger partial charge in [-0.25, -0.2) is 8.78 Å². The summed E-state index contributed by atoms with van der Waals surface area (Å²) in [6.45, 7) is -0.245. The van der Waals surface area contributed by atoms with Gasteiger partial charge in [-0.15, -0.1) is 0 Å². The molecule has 2 aromatic rings. The predicted molar refractivity (Wildman–Crippen MR) is 76.9 cm³/mol. The van der Waals surface area contributed by atoms with Crippen molar-refractivity contribution in [2.75, 3.05) is 0 Å². The molecule has 3 rings (SSSR count). The van der Waals surface area contributed by atoms with E-state index in [2.05, 4.69) is 5.10 Å². The van der Waals surface area contributed by atoms with Crippen LogP contribution in [0.2, 0.25) is 0 Å². The molecule has 1 aromatic heterocycles. The Morgan fingerprint density at radius 2 is 2.09 bits per heavy atom. The second-order valence-corrected chi connectivity index (χ2v) is 5.66. The van der Waals surface area contributed by atoms with Crippen LogP contribution in [0.3, 0.4) is 0 Å². The molecule has 1 unspecified atom stereocenters. The van der Waals surface area contributed by atoms with Gasteiger partial charge in [0.2, 0.25) is 11.8 Å². The van der Waals surface area contributed by atoms with Crippen molar-refractivity contribution in [2.45, 2.75) is 19.4 Å². The molecule has 1 aliphatic rings. The van der Waals surface area contributed by atoms with Crippen molar-refractivity contribution >= 4 is 11.8 Å². The Balaban J connectivity index is 1.75. The Kier molecular flexibility index (Phi) is 3.94. The largest absolute Gasteiger partial charge is 0.278 e. The molecule has 1 atom stereocenters. The molecule has 23 heavy (non-hydrogen) atoms. The van der Waals surface area contributed by atoms with E-state index in [9.17, 15) is 18.4 Å². The smallest absolute Gasteiger partial charge is 0.233 e. The lowest BCUT2D eigenvalue weighted by Gasteiger charge is -2.15. The summed E-state index contributed by atoms with van der Waals surface area (Å²) in [6.07, 6.45) is 3.91. The molecule has 1 aromatic carbocycles. The molecule has 2 amide bonds. The van der Waals surface area contributed by atoms with Gasteiger partial charge in [0.1, 0.15) is 0 Å². The average Bonchev–Trinajstić information content (AvgIpc) is 3.02. The number of halogens is 2. The molecule has 0 bridgehead atoms. The molecule has 0 spiro atoms. The number of nitrogens with zero attached hydrogens (tertiary/aromatic N) is 3. The summed E-state index contributed by atoms with van der Waals surface area (Å²) in [4.78, 5) is 25.4. The van der Waals surface area contributed by atoms with Gasteiger partial charge < -0.3 is 0 Å². The first-order valence-electron chi connectivity index (χ1n) is 7.20. The van der Waals surface area contributed by atoms with Crippen LogP contribution in [0.4, 0.5) is 8.78 Å². The highest BCUT2D eigenvalue weighted by molar-refractivity contribution is 6.03. The number of hydrogen-bond donors (Lipinski definition) is 0. The van der Waals surface area contributed by atoms with E-state index in [1.807, 2.05) is 0 Å². The minimum Gasteiger partial charge on any atom is -0.278 e. The zero-order valence-electron chi connectivity index (χ0n) is 12.5. The van der Waals surface area contributed by atoms with Crippen molar-refractivity contribution in [1.29, 1.82) is 0 Å². The summed E-state index contributed by atoms with van der Waals surface area (Å²) in [5, 5.41) is 4.03. The van der Waals surface area contributed by atoms with Crippen LogP contribution in [-0.2, 0) is 29.6 Å².